The number of aromatic nitrogens is 4. The third-order valence-corrected chi connectivity index (χ3v) is 4.46. The molecule has 1 aromatic carbocycles. The van der Waals surface area contributed by atoms with E-state index in [1.165, 1.54) is 35.6 Å². The highest BCUT2D eigenvalue weighted by Crippen LogP contribution is 2.18. The first kappa shape index (κ1) is 18.8. The van der Waals surface area contributed by atoms with Gasteiger partial charge in [-0.05, 0) is 36.2 Å². The minimum atomic E-state index is -0.423. The van der Waals surface area contributed by atoms with Crippen molar-refractivity contribution in [2.24, 2.45) is 5.92 Å². The molecule has 0 atom stereocenters. The zero-order chi connectivity index (χ0) is 19.4. The molecule has 0 unspecified atom stereocenters. The molecule has 0 radical (unpaired) electrons. The summed E-state index contributed by atoms with van der Waals surface area (Å²) in [7, 11) is 0. The minimum absolute atomic E-state index is 0.257. The number of nitrogens with zero attached hydrogens (tertiary/aromatic N) is 4. The number of carbonyl (C=O) groups is 1. The molecule has 140 valence electrons. The monoisotopic (exact) mass is 387 g/mol. The van der Waals surface area contributed by atoms with E-state index in [4.69, 9.17) is 0 Å². The number of hydrogen-bond donors (Lipinski definition) is 1. The molecule has 0 aliphatic heterocycles. The Morgan fingerprint density at radius 1 is 1.19 bits per heavy atom. The maximum atomic E-state index is 13.1. The van der Waals surface area contributed by atoms with Crippen LogP contribution in [0.5, 0.6) is 0 Å². The average molecular weight is 387 g/mol. The summed E-state index contributed by atoms with van der Waals surface area (Å²) >= 11 is 1.31. The van der Waals surface area contributed by atoms with Crippen LogP contribution in [-0.4, -0.2) is 25.9 Å². The Bertz CT molecular complexity index is 997. The van der Waals surface area contributed by atoms with Crippen molar-refractivity contribution in [3.63, 3.8) is 0 Å². The second-order valence-electron chi connectivity index (χ2n) is 6.37. The van der Waals surface area contributed by atoms with Gasteiger partial charge < -0.3 is 0 Å². The van der Waals surface area contributed by atoms with E-state index in [1.54, 1.807) is 12.1 Å². The molecule has 0 saturated heterocycles. The van der Waals surface area contributed by atoms with Crippen LogP contribution in [0.2, 0.25) is 0 Å². The first-order valence-corrected chi connectivity index (χ1v) is 9.18. The van der Waals surface area contributed by atoms with E-state index in [9.17, 15) is 14.0 Å². The highest BCUT2D eigenvalue weighted by Gasteiger charge is 2.12. The summed E-state index contributed by atoms with van der Waals surface area (Å²) in [4.78, 5) is 24.2. The van der Waals surface area contributed by atoms with Crippen molar-refractivity contribution >= 4 is 22.4 Å². The van der Waals surface area contributed by atoms with Crippen LogP contribution in [0.25, 0.3) is 11.3 Å². The van der Waals surface area contributed by atoms with E-state index >= 15 is 0 Å². The summed E-state index contributed by atoms with van der Waals surface area (Å²) in [6, 6.07) is 8.60. The normalized spacial score (nSPS) is 11.0. The first-order valence-electron chi connectivity index (χ1n) is 8.37. The molecule has 9 heteroatoms. The van der Waals surface area contributed by atoms with Crippen molar-refractivity contribution in [2.45, 2.75) is 26.8 Å². The van der Waals surface area contributed by atoms with Gasteiger partial charge in [0.15, 0.2) is 0 Å². The van der Waals surface area contributed by atoms with Gasteiger partial charge in [-0.2, -0.15) is 5.10 Å². The Kier molecular flexibility index (Phi) is 5.70. The molecule has 1 amide bonds. The predicted octanol–water partition coefficient (Wildman–Crippen LogP) is 2.74. The number of rotatable bonds is 6. The molecule has 0 aliphatic rings. The summed E-state index contributed by atoms with van der Waals surface area (Å²) in [5, 5.41) is 16.0. The molecule has 2 heterocycles. The Balaban J connectivity index is 1.72. The number of hydrogen-bond acceptors (Lipinski definition) is 6. The third-order valence-electron chi connectivity index (χ3n) is 3.60. The molecule has 0 fully saturated rings. The number of anilines is 1. The van der Waals surface area contributed by atoms with E-state index in [0.717, 1.165) is 16.1 Å². The quantitative estimate of drug-likeness (QED) is 0.702. The van der Waals surface area contributed by atoms with Crippen LogP contribution in [0.4, 0.5) is 9.52 Å². The Hall–Kier alpha value is -2.94. The molecular formula is C18H18FN5O2S. The molecule has 2 aromatic heterocycles. The van der Waals surface area contributed by atoms with Gasteiger partial charge >= 0.3 is 0 Å². The largest absolute Gasteiger partial charge is 0.299 e. The molecule has 7 nitrogen and oxygen atoms in total. The zero-order valence-electron chi connectivity index (χ0n) is 14.8. The lowest BCUT2D eigenvalue weighted by atomic mass is 10.1. The summed E-state index contributed by atoms with van der Waals surface area (Å²) in [5.74, 6) is -0.341. The van der Waals surface area contributed by atoms with Gasteiger partial charge in [0.05, 0.1) is 5.69 Å². The van der Waals surface area contributed by atoms with Crippen LogP contribution in [0.3, 0.4) is 0 Å². The average Bonchev–Trinajstić information content (AvgIpc) is 3.03. The van der Waals surface area contributed by atoms with Crippen molar-refractivity contribution in [3.05, 3.63) is 57.6 Å². The zero-order valence-corrected chi connectivity index (χ0v) is 15.7. The van der Waals surface area contributed by atoms with Crippen LogP contribution < -0.4 is 10.9 Å². The van der Waals surface area contributed by atoms with E-state index in [0.29, 0.717) is 22.3 Å². The standard InChI is InChI=1S/C18H18FN5O2S/c1-11(2)9-16-21-22-18(27-16)20-15(25)10-24-17(26)8-7-14(23-24)12-3-5-13(19)6-4-12/h3-8,11H,9-10H2,1-2H3,(H,20,22,25). The van der Waals surface area contributed by atoms with Crippen molar-refractivity contribution < 1.29 is 9.18 Å². The van der Waals surface area contributed by atoms with Gasteiger partial charge in [0.1, 0.15) is 17.4 Å². The fraction of sp³-hybridized carbons (Fsp3) is 0.278. The second kappa shape index (κ2) is 8.17. The highest BCUT2D eigenvalue weighted by atomic mass is 32.1. The fourth-order valence-corrected chi connectivity index (χ4v) is 3.34. The summed E-state index contributed by atoms with van der Waals surface area (Å²) in [6.45, 7) is 3.89. The maximum Gasteiger partial charge on any atom is 0.267 e. The lowest BCUT2D eigenvalue weighted by Crippen LogP contribution is -2.29. The molecule has 0 bridgehead atoms. The summed E-state index contributed by atoms with van der Waals surface area (Å²) in [6.07, 6.45) is 0.786. The van der Waals surface area contributed by atoms with Gasteiger partial charge in [0, 0.05) is 18.1 Å². The molecule has 0 saturated carbocycles. The van der Waals surface area contributed by atoms with Crippen LogP contribution >= 0.6 is 11.3 Å². The molecule has 3 aromatic rings. The smallest absolute Gasteiger partial charge is 0.267 e. The molecule has 3 rings (SSSR count). The molecule has 27 heavy (non-hydrogen) atoms. The van der Waals surface area contributed by atoms with Crippen molar-refractivity contribution in [2.75, 3.05) is 5.32 Å². The molecule has 1 N–H and O–H groups in total. The Morgan fingerprint density at radius 3 is 2.63 bits per heavy atom. The Morgan fingerprint density at radius 2 is 1.93 bits per heavy atom. The topological polar surface area (TPSA) is 89.8 Å². The first-order chi connectivity index (χ1) is 12.9. The lowest BCUT2D eigenvalue weighted by Gasteiger charge is -2.07. The van der Waals surface area contributed by atoms with E-state index in [1.807, 2.05) is 0 Å². The van der Waals surface area contributed by atoms with Crippen LogP contribution in [0, 0.1) is 11.7 Å². The van der Waals surface area contributed by atoms with Gasteiger partial charge in [-0.1, -0.05) is 25.2 Å². The molecule has 0 aliphatic carbocycles. The number of amides is 1. The number of nitrogens with one attached hydrogen (secondary N) is 1. The maximum absolute atomic E-state index is 13.1. The number of carbonyl (C=O) groups excluding carboxylic acids is 1. The predicted molar refractivity (Wildman–Crippen MR) is 101 cm³/mol. The van der Waals surface area contributed by atoms with E-state index in [-0.39, 0.29) is 12.4 Å². The second-order valence-corrected chi connectivity index (χ2v) is 7.43. The lowest BCUT2D eigenvalue weighted by molar-refractivity contribution is -0.117. The van der Waals surface area contributed by atoms with Crippen LogP contribution in [0.15, 0.2) is 41.2 Å². The minimum Gasteiger partial charge on any atom is -0.299 e. The summed E-state index contributed by atoms with van der Waals surface area (Å²) in [5.41, 5.74) is 0.708. The van der Waals surface area contributed by atoms with Crippen LogP contribution in [-0.2, 0) is 17.8 Å². The Labute approximate surface area is 158 Å². The summed E-state index contributed by atoms with van der Waals surface area (Å²) < 4.78 is 14.1. The van der Waals surface area contributed by atoms with Gasteiger partial charge in [-0.15, -0.1) is 10.2 Å². The van der Waals surface area contributed by atoms with E-state index < -0.39 is 11.5 Å². The third kappa shape index (κ3) is 5.04. The van der Waals surface area contributed by atoms with Gasteiger partial charge in [0.25, 0.3) is 5.56 Å². The number of benzene rings is 1. The molecular weight excluding hydrogens is 369 g/mol. The van der Waals surface area contributed by atoms with Gasteiger partial charge in [-0.25, -0.2) is 9.07 Å². The fourth-order valence-electron chi connectivity index (χ4n) is 2.37. The van der Waals surface area contributed by atoms with Gasteiger partial charge in [-0.3, -0.25) is 14.9 Å². The van der Waals surface area contributed by atoms with E-state index in [2.05, 4.69) is 34.5 Å². The van der Waals surface area contributed by atoms with Crippen molar-refractivity contribution in [1.82, 2.24) is 20.0 Å². The van der Waals surface area contributed by atoms with Crippen molar-refractivity contribution in [1.29, 1.82) is 0 Å². The highest BCUT2D eigenvalue weighted by molar-refractivity contribution is 7.15. The molecule has 0 spiro atoms. The SMILES string of the molecule is CC(C)Cc1nnc(NC(=O)Cn2nc(-c3ccc(F)cc3)ccc2=O)s1. The number of halogens is 1. The van der Waals surface area contributed by atoms with Gasteiger partial charge in [0.2, 0.25) is 11.0 Å². The van der Waals surface area contributed by atoms with Crippen molar-refractivity contribution in [3.8, 4) is 11.3 Å². The van der Waals surface area contributed by atoms with Crippen LogP contribution in [0.1, 0.15) is 18.9 Å².